The Labute approximate surface area is 168 Å². The van der Waals surface area contributed by atoms with Gasteiger partial charge >= 0.3 is 0 Å². The number of piperidine rings is 2. The number of fused-ring (bicyclic) bond motifs is 2. The Morgan fingerprint density at radius 1 is 1.14 bits per heavy atom. The molecule has 3 aliphatic heterocycles. The molecule has 1 aliphatic carbocycles. The van der Waals surface area contributed by atoms with Gasteiger partial charge in [0.25, 0.3) is 11.8 Å². The van der Waals surface area contributed by atoms with Gasteiger partial charge in [-0.05, 0) is 55.3 Å². The third-order valence-corrected chi connectivity index (χ3v) is 6.74. The van der Waals surface area contributed by atoms with E-state index in [1.165, 1.54) is 19.3 Å². The molecule has 2 saturated heterocycles. The maximum atomic E-state index is 12.9. The number of nitrogens with one attached hydrogen (secondary N) is 3. The smallest absolute Gasteiger partial charge is 0.262 e. The molecule has 3 N–H and O–H groups in total. The second-order valence-electron chi connectivity index (χ2n) is 8.61. The predicted molar refractivity (Wildman–Crippen MR) is 103 cm³/mol. The van der Waals surface area contributed by atoms with Gasteiger partial charge in [0, 0.05) is 25.6 Å². The van der Waals surface area contributed by atoms with Crippen LogP contribution in [-0.2, 0) is 16.1 Å². The zero-order valence-corrected chi connectivity index (χ0v) is 16.1. The van der Waals surface area contributed by atoms with Crippen LogP contribution in [0.3, 0.4) is 0 Å². The van der Waals surface area contributed by atoms with E-state index in [2.05, 4.69) is 16.0 Å². The average Bonchev–Trinajstić information content (AvgIpc) is 3.38. The molecule has 152 valence electrons. The van der Waals surface area contributed by atoms with Crippen molar-refractivity contribution >= 4 is 23.6 Å². The fourth-order valence-corrected chi connectivity index (χ4v) is 5.00. The van der Waals surface area contributed by atoms with Gasteiger partial charge in [-0.1, -0.05) is 6.07 Å². The summed E-state index contributed by atoms with van der Waals surface area (Å²) in [6, 6.07) is 4.97. The summed E-state index contributed by atoms with van der Waals surface area (Å²) in [5.41, 5.74) is 1.97. The molecule has 29 heavy (non-hydrogen) atoms. The number of hydrogen-bond donors (Lipinski definition) is 3. The molecule has 4 aliphatic rings. The fraction of sp³-hybridized carbons (Fsp3) is 0.524. The van der Waals surface area contributed by atoms with E-state index >= 15 is 0 Å². The minimum atomic E-state index is -0.925. The van der Waals surface area contributed by atoms with Crippen molar-refractivity contribution in [3.05, 3.63) is 34.9 Å². The van der Waals surface area contributed by atoms with Gasteiger partial charge in [0.05, 0.1) is 11.1 Å². The molecule has 0 spiro atoms. The summed E-state index contributed by atoms with van der Waals surface area (Å²) in [5.74, 6) is -1.88. The van der Waals surface area contributed by atoms with Gasteiger partial charge in [0.2, 0.25) is 11.8 Å². The summed E-state index contributed by atoms with van der Waals surface area (Å²) in [5, 5.41) is 9.27. The fourth-order valence-electron chi connectivity index (χ4n) is 5.00. The molecule has 4 amide bonds. The van der Waals surface area contributed by atoms with Crippen LogP contribution in [0.1, 0.15) is 58.4 Å². The van der Waals surface area contributed by atoms with Crippen LogP contribution in [0.15, 0.2) is 18.2 Å². The number of hydrogen-bond acceptors (Lipinski definition) is 6. The molecular weight excluding hydrogens is 372 g/mol. The van der Waals surface area contributed by atoms with E-state index in [0.29, 0.717) is 29.1 Å². The minimum Gasteiger partial charge on any atom is -0.313 e. The summed E-state index contributed by atoms with van der Waals surface area (Å²) in [6.45, 7) is 2.68. The highest BCUT2D eigenvalue weighted by Gasteiger charge is 2.54. The van der Waals surface area contributed by atoms with E-state index in [0.717, 1.165) is 23.6 Å². The first kappa shape index (κ1) is 18.4. The molecule has 3 atom stereocenters. The monoisotopic (exact) mass is 396 g/mol. The molecule has 0 bridgehead atoms. The summed E-state index contributed by atoms with van der Waals surface area (Å²) >= 11 is 0. The highest BCUT2D eigenvalue weighted by molar-refractivity contribution is 6.23. The van der Waals surface area contributed by atoms with Gasteiger partial charge in [-0.3, -0.25) is 29.4 Å². The van der Waals surface area contributed by atoms with Crippen LogP contribution < -0.4 is 16.0 Å². The molecule has 3 heterocycles. The highest BCUT2D eigenvalue weighted by atomic mass is 16.2. The number of rotatable bonds is 5. The largest absolute Gasteiger partial charge is 0.313 e. The topological polar surface area (TPSA) is 108 Å². The Hall–Kier alpha value is -2.58. The molecule has 5 rings (SSSR count). The third kappa shape index (κ3) is 3.07. The zero-order valence-electron chi connectivity index (χ0n) is 16.1. The van der Waals surface area contributed by atoms with Gasteiger partial charge in [0.15, 0.2) is 0 Å². The summed E-state index contributed by atoms with van der Waals surface area (Å²) in [6.07, 6.45) is 3.97. The SMILES string of the molecule is O=C1CCC(N2C(=O)c3ccc(CNCC45CCCNC4C5)cc3C2=O)C(=O)N1. The Balaban J connectivity index is 1.27. The first-order valence-corrected chi connectivity index (χ1v) is 10.3. The van der Waals surface area contributed by atoms with Crippen LogP contribution in [0, 0.1) is 5.41 Å². The maximum Gasteiger partial charge on any atom is 0.262 e. The second-order valence-corrected chi connectivity index (χ2v) is 8.61. The molecule has 1 aromatic carbocycles. The summed E-state index contributed by atoms with van der Waals surface area (Å²) in [4.78, 5) is 50.1. The first-order chi connectivity index (χ1) is 14.0. The summed E-state index contributed by atoms with van der Waals surface area (Å²) < 4.78 is 0. The minimum absolute atomic E-state index is 0.122. The highest BCUT2D eigenvalue weighted by Crippen LogP contribution is 2.51. The number of amides is 4. The molecule has 3 unspecified atom stereocenters. The molecule has 8 nitrogen and oxygen atoms in total. The van der Waals surface area contributed by atoms with Crippen molar-refractivity contribution in [3.8, 4) is 0 Å². The normalized spacial score (nSPS) is 30.8. The Morgan fingerprint density at radius 3 is 2.76 bits per heavy atom. The lowest BCUT2D eigenvalue weighted by molar-refractivity contribution is -0.136. The Morgan fingerprint density at radius 2 is 1.97 bits per heavy atom. The quantitative estimate of drug-likeness (QED) is 0.619. The molecule has 0 aromatic heterocycles. The standard InChI is InChI=1S/C21H24N4O4/c26-17-5-4-15(18(27)24-17)25-19(28)13-3-2-12(8-14(13)20(25)29)10-22-11-21-6-1-7-23-16(21)9-21/h2-3,8,15-16,22-23H,1,4-7,9-11H2,(H,24,26,27). The Bertz CT molecular complexity index is 929. The van der Waals surface area contributed by atoms with E-state index < -0.39 is 23.8 Å². The third-order valence-electron chi connectivity index (χ3n) is 6.74. The van der Waals surface area contributed by atoms with Crippen LogP contribution in [0.4, 0.5) is 0 Å². The van der Waals surface area contributed by atoms with Gasteiger partial charge in [-0.25, -0.2) is 0 Å². The van der Waals surface area contributed by atoms with Crippen molar-refractivity contribution in [3.63, 3.8) is 0 Å². The molecule has 1 saturated carbocycles. The number of carbonyl (C=O) groups is 4. The van der Waals surface area contributed by atoms with Crippen LogP contribution in [0.2, 0.25) is 0 Å². The molecule has 0 radical (unpaired) electrons. The van der Waals surface area contributed by atoms with E-state index in [-0.39, 0.29) is 18.7 Å². The van der Waals surface area contributed by atoms with E-state index in [4.69, 9.17) is 0 Å². The number of nitrogens with zero attached hydrogens (tertiary/aromatic N) is 1. The lowest BCUT2D eigenvalue weighted by Crippen LogP contribution is -2.54. The van der Waals surface area contributed by atoms with Crippen molar-refractivity contribution in [1.82, 2.24) is 20.9 Å². The van der Waals surface area contributed by atoms with E-state index in [1.807, 2.05) is 6.07 Å². The van der Waals surface area contributed by atoms with Crippen LogP contribution >= 0.6 is 0 Å². The van der Waals surface area contributed by atoms with E-state index in [1.54, 1.807) is 12.1 Å². The van der Waals surface area contributed by atoms with Crippen molar-refractivity contribution in [2.75, 3.05) is 13.1 Å². The van der Waals surface area contributed by atoms with Crippen molar-refractivity contribution < 1.29 is 19.2 Å². The lowest BCUT2D eigenvalue weighted by atomic mass is 9.96. The van der Waals surface area contributed by atoms with Gasteiger partial charge in [0.1, 0.15) is 6.04 Å². The zero-order chi connectivity index (χ0) is 20.2. The number of carbonyl (C=O) groups excluding carboxylic acids is 4. The first-order valence-electron chi connectivity index (χ1n) is 10.3. The van der Waals surface area contributed by atoms with Gasteiger partial charge in [-0.15, -0.1) is 0 Å². The maximum absolute atomic E-state index is 12.9. The molecule has 1 aromatic rings. The van der Waals surface area contributed by atoms with Crippen molar-refractivity contribution in [1.29, 1.82) is 0 Å². The molecule has 8 heteroatoms. The summed E-state index contributed by atoms with van der Waals surface area (Å²) in [7, 11) is 0. The van der Waals surface area contributed by atoms with E-state index in [9.17, 15) is 19.2 Å². The Kier molecular flexibility index (Phi) is 4.29. The number of benzene rings is 1. The van der Waals surface area contributed by atoms with Crippen molar-refractivity contribution in [2.45, 2.75) is 50.7 Å². The van der Waals surface area contributed by atoms with Gasteiger partial charge < -0.3 is 10.6 Å². The molecular formula is C21H24N4O4. The lowest BCUT2D eigenvalue weighted by Gasteiger charge is -2.27. The molecule has 3 fully saturated rings. The average molecular weight is 396 g/mol. The van der Waals surface area contributed by atoms with Crippen molar-refractivity contribution in [2.24, 2.45) is 5.41 Å². The predicted octanol–water partition coefficient (Wildman–Crippen LogP) is 0.320. The second kappa shape index (κ2) is 6.74. The van der Waals surface area contributed by atoms with Crippen LogP contribution in [0.25, 0.3) is 0 Å². The van der Waals surface area contributed by atoms with Crippen LogP contribution in [0.5, 0.6) is 0 Å². The van der Waals surface area contributed by atoms with Crippen LogP contribution in [-0.4, -0.2) is 53.7 Å². The number of imide groups is 2. The van der Waals surface area contributed by atoms with Gasteiger partial charge in [-0.2, -0.15) is 0 Å².